The summed E-state index contributed by atoms with van der Waals surface area (Å²) in [6.45, 7) is 1.46. The van der Waals surface area contributed by atoms with E-state index in [0.29, 0.717) is 5.69 Å². The second-order valence-corrected chi connectivity index (χ2v) is 6.34. The van der Waals surface area contributed by atoms with Crippen molar-refractivity contribution in [3.05, 3.63) is 59.4 Å². The van der Waals surface area contributed by atoms with Crippen LogP contribution in [0.3, 0.4) is 0 Å². The Balaban J connectivity index is 1.57. The predicted molar refractivity (Wildman–Crippen MR) is 95.1 cm³/mol. The number of allylic oxidation sites excluding steroid dienone is 2. The summed E-state index contributed by atoms with van der Waals surface area (Å²) in [6, 6.07) is 10.9. The molecule has 132 valence electrons. The molecular weight excluding hydrogens is 332 g/mol. The van der Waals surface area contributed by atoms with Crippen LogP contribution in [0.1, 0.15) is 33.7 Å². The molecule has 2 aromatic rings. The fraction of sp³-hybridized carbons (Fsp3) is 0.250. The molecule has 1 aromatic carbocycles. The number of pyridine rings is 1. The molecule has 0 spiro atoms. The van der Waals surface area contributed by atoms with Crippen LogP contribution in [0.25, 0.3) is 11.3 Å². The van der Waals surface area contributed by atoms with E-state index in [9.17, 15) is 9.59 Å². The van der Waals surface area contributed by atoms with Gasteiger partial charge in [-0.05, 0) is 36.4 Å². The molecule has 4 rings (SSSR count). The predicted octanol–water partition coefficient (Wildman–Crippen LogP) is 2.53. The first-order valence-electron chi connectivity index (χ1n) is 8.54. The largest absolute Gasteiger partial charge is 0.490 e. The van der Waals surface area contributed by atoms with E-state index in [1.807, 2.05) is 24.3 Å². The molecule has 2 heterocycles. The third-order valence-corrected chi connectivity index (χ3v) is 4.55. The lowest BCUT2D eigenvalue weighted by atomic mass is 9.96. The Bertz CT molecular complexity index is 897. The van der Waals surface area contributed by atoms with Gasteiger partial charge in [0.05, 0.1) is 30.2 Å². The van der Waals surface area contributed by atoms with Crippen molar-refractivity contribution in [1.29, 1.82) is 0 Å². The van der Waals surface area contributed by atoms with Crippen LogP contribution in [0.15, 0.2) is 48.2 Å². The lowest BCUT2D eigenvalue weighted by Gasteiger charge is -2.23. The normalized spacial score (nSPS) is 17.6. The number of hydrogen-bond acceptors (Lipinski definition) is 6. The number of nitrogens with zero attached hydrogens (tertiary/aromatic N) is 1. The molecule has 1 aliphatic heterocycles. The van der Waals surface area contributed by atoms with E-state index in [-0.39, 0.29) is 28.8 Å². The van der Waals surface area contributed by atoms with Gasteiger partial charge in [-0.25, -0.2) is 4.98 Å². The Morgan fingerprint density at radius 1 is 1.04 bits per heavy atom. The average molecular weight is 350 g/mol. The van der Waals surface area contributed by atoms with E-state index in [2.05, 4.69) is 4.98 Å². The van der Waals surface area contributed by atoms with Crippen molar-refractivity contribution in [2.45, 2.75) is 18.9 Å². The van der Waals surface area contributed by atoms with Gasteiger partial charge >= 0.3 is 0 Å². The van der Waals surface area contributed by atoms with Crippen molar-refractivity contribution in [2.24, 2.45) is 5.73 Å². The SMILES string of the molecule is NC1=CC(=O)c2ccc(-c3ccc(OC4CCOCC4)cc3)nc2C1=O. The number of aromatic nitrogens is 1. The molecule has 2 aliphatic rings. The van der Waals surface area contributed by atoms with Crippen molar-refractivity contribution in [3.63, 3.8) is 0 Å². The summed E-state index contributed by atoms with van der Waals surface area (Å²) in [6.07, 6.45) is 3.10. The zero-order valence-corrected chi connectivity index (χ0v) is 14.1. The third kappa shape index (κ3) is 3.11. The number of carbonyl (C=O) groups excluding carboxylic acids is 2. The molecule has 0 amide bonds. The van der Waals surface area contributed by atoms with Gasteiger partial charge in [-0.15, -0.1) is 0 Å². The summed E-state index contributed by atoms with van der Waals surface area (Å²) in [7, 11) is 0. The van der Waals surface area contributed by atoms with Gasteiger partial charge in [0.1, 0.15) is 17.5 Å². The number of fused-ring (bicyclic) bond motifs is 1. The summed E-state index contributed by atoms with van der Waals surface area (Å²) >= 11 is 0. The number of ether oxygens (including phenoxy) is 2. The van der Waals surface area contributed by atoms with Crippen LogP contribution in [0.2, 0.25) is 0 Å². The topological polar surface area (TPSA) is 91.5 Å². The molecular formula is C20H18N2O4. The summed E-state index contributed by atoms with van der Waals surface area (Å²) in [4.78, 5) is 28.5. The van der Waals surface area contributed by atoms with Crippen LogP contribution in [-0.2, 0) is 4.74 Å². The number of benzene rings is 1. The smallest absolute Gasteiger partial charge is 0.227 e. The minimum atomic E-state index is -0.416. The second kappa shape index (κ2) is 6.72. The van der Waals surface area contributed by atoms with E-state index < -0.39 is 5.78 Å². The monoisotopic (exact) mass is 350 g/mol. The van der Waals surface area contributed by atoms with Gasteiger partial charge in [0.25, 0.3) is 0 Å². The first-order valence-corrected chi connectivity index (χ1v) is 8.54. The van der Waals surface area contributed by atoms with Gasteiger partial charge in [0, 0.05) is 24.5 Å². The number of rotatable bonds is 3. The van der Waals surface area contributed by atoms with E-state index in [1.54, 1.807) is 12.1 Å². The van der Waals surface area contributed by atoms with E-state index in [4.69, 9.17) is 15.2 Å². The van der Waals surface area contributed by atoms with Gasteiger partial charge < -0.3 is 15.2 Å². The molecule has 0 radical (unpaired) electrons. The molecule has 1 fully saturated rings. The van der Waals surface area contributed by atoms with Gasteiger partial charge in [-0.1, -0.05) is 0 Å². The number of ketones is 2. The van der Waals surface area contributed by atoms with Crippen LogP contribution in [-0.4, -0.2) is 35.9 Å². The first kappa shape index (κ1) is 16.5. The summed E-state index contributed by atoms with van der Waals surface area (Å²) in [5, 5.41) is 0. The number of hydrogen-bond donors (Lipinski definition) is 1. The minimum Gasteiger partial charge on any atom is -0.490 e. The van der Waals surface area contributed by atoms with Crippen molar-refractivity contribution in [1.82, 2.24) is 4.98 Å². The highest BCUT2D eigenvalue weighted by atomic mass is 16.5. The quantitative estimate of drug-likeness (QED) is 0.915. The van der Waals surface area contributed by atoms with Crippen LogP contribution < -0.4 is 10.5 Å². The Morgan fingerprint density at radius 3 is 2.50 bits per heavy atom. The molecule has 0 atom stereocenters. The molecule has 1 saturated heterocycles. The minimum absolute atomic E-state index is 0.0765. The van der Waals surface area contributed by atoms with E-state index in [1.165, 1.54) is 0 Å². The molecule has 0 bridgehead atoms. The lowest BCUT2D eigenvalue weighted by Crippen LogP contribution is -2.25. The molecule has 6 nitrogen and oxygen atoms in total. The standard InChI is InChI=1S/C20H18N2O4/c21-16-11-18(23)15-5-6-17(22-19(15)20(16)24)12-1-3-13(4-2-12)26-14-7-9-25-10-8-14/h1-6,11,14H,7-10,21H2. The maximum atomic E-state index is 12.2. The number of Topliss-reactive ketones (excluding diaryl/α,β-unsaturated/α-hetero) is 1. The van der Waals surface area contributed by atoms with Crippen molar-refractivity contribution in [2.75, 3.05) is 13.2 Å². The number of nitrogens with two attached hydrogens (primary N) is 1. The van der Waals surface area contributed by atoms with Crippen LogP contribution >= 0.6 is 0 Å². The van der Waals surface area contributed by atoms with Crippen LogP contribution in [0.4, 0.5) is 0 Å². The van der Waals surface area contributed by atoms with Gasteiger partial charge in [-0.3, -0.25) is 9.59 Å². The highest BCUT2D eigenvalue weighted by Crippen LogP contribution is 2.26. The Kier molecular flexibility index (Phi) is 4.26. The highest BCUT2D eigenvalue weighted by Gasteiger charge is 2.25. The van der Waals surface area contributed by atoms with Gasteiger partial charge in [0.2, 0.25) is 5.78 Å². The van der Waals surface area contributed by atoms with Crippen LogP contribution in [0, 0.1) is 0 Å². The molecule has 26 heavy (non-hydrogen) atoms. The van der Waals surface area contributed by atoms with Crippen molar-refractivity contribution >= 4 is 11.6 Å². The maximum Gasteiger partial charge on any atom is 0.227 e. The van der Waals surface area contributed by atoms with E-state index in [0.717, 1.165) is 43.4 Å². The third-order valence-electron chi connectivity index (χ3n) is 4.55. The molecule has 1 aliphatic carbocycles. The molecule has 0 saturated carbocycles. The molecule has 1 aromatic heterocycles. The molecule has 6 heteroatoms. The lowest BCUT2D eigenvalue weighted by molar-refractivity contribution is 0.0256. The maximum absolute atomic E-state index is 12.2. The summed E-state index contributed by atoms with van der Waals surface area (Å²) in [5.74, 6) is 0.0781. The Labute approximate surface area is 150 Å². The second-order valence-electron chi connectivity index (χ2n) is 6.34. The Hall–Kier alpha value is -2.99. The van der Waals surface area contributed by atoms with E-state index >= 15 is 0 Å². The van der Waals surface area contributed by atoms with Gasteiger partial charge in [0.15, 0.2) is 5.78 Å². The summed E-state index contributed by atoms with van der Waals surface area (Å²) in [5.41, 5.74) is 7.36. The Morgan fingerprint density at radius 2 is 1.77 bits per heavy atom. The zero-order valence-electron chi connectivity index (χ0n) is 14.1. The van der Waals surface area contributed by atoms with Crippen LogP contribution in [0.5, 0.6) is 5.75 Å². The summed E-state index contributed by atoms with van der Waals surface area (Å²) < 4.78 is 11.3. The van der Waals surface area contributed by atoms with Crippen molar-refractivity contribution in [3.8, 4) is 17.0 Å². The fourth-order valence-corrected chi connectivity index (χ4v) is 3.10. The fourth-order valence-electron chi connectivity index (χ4n) is 3.10. The van der Waals surface area contributed by atoms with Gasteiger partial charge in [-0.2, -0.15) is 0 Å². The van der Waals surface area contributed by atoms with Crippen molar-refractivity contribution < 1.29 is 19.1 Å². The zero-order chi connectivity index (χ0) is 18.1. The molecule has 2 N–H and O–H groups in total. The molecule has 0 unspecified atom stereocenters. The first-order chi connectivity index (χ1) is 12.6. The average Bonchev–Trinajstić information content (AvgIpc) is 2.67. The number of carbonyl (C=O) groups is 2. The highest BCUT2D eigenvalue weighted by molar-refractivity contribution is 6.23.